The smallest absolute Gasteiger partial charge is 0.228 e. The van der Waals surface area contributed by atoms with Crippen LogP contribution in [0.3, 0.4) is 0 Å². The largest absolute Gasteiger partial charge is 0.497 e. The van der Waals surface area contributed by atoms with E-state index in [1.165, 1.54) is 0 Å². The molecule has 0 aliphatic carbocycles. The Kier molecular flexibility index (Phi) is 5.62. The lowest BCUT2D eigenvalue weighted by atomic mass is 10.1. The lowest BCUT2D eigenvalue weighted by Crippen LogP contribution is -2.37. The SMILES string of the molecule is C=CC=C(C=C)c1nc(N2CCOCC2)nc2c1CCN2c1ccc(OC)cc1. The summed E-state index contributed by atoms with van der Waals surface area (Å²) in [5, 5.41) is 0. The second-order valence-electron chi connectivity index (χ2n) is 6.94. The summed E-state index contributed by atoms with van der Waals surface area (Å²) < 4.78 is 10.8. The van der Waals surface area contributed by atoms with Crippen LogP contribution in [0.5, 0.6) is 5.75 Å². The summed E-state index contributed by atoms with van der Waals surface area (Å²) in [5.74, 6) is 2.53. The lowest BCUT2D eigenvalue weighted by Gasteiger charge is -2.28. The van der Waals surface area contributed by atoms with Gasteiger partial charge in [0, 0.05) is 36.5 Å². The number of fused-ring (bicyclic) bond motifs is 1. The van der Waals surface area contributed by atoms with Crippen molar-refractivity contribution in [3.63, 3.8) is 0 Å². The first kappa shape index (κ1) is 19.2. The molecule has 4 rings (SSSR count). The highest BCUT2D eigenvalue weighted by molar-refractivity contribution is 5.80. The Morgan fingerprint density at radius 2 is 1.86 bits per heavy atom. The van der Waals surface area contributed by atoms with Gasteiger partial charge in [-0.1, -0.05) is 31.4 Å². The summed E-state index contributed by atoms with van der Waals surface area (Å²) in [6.07, 6.45) is 6.44. The molecule has 0 bridgehead atoms. The Balaban J connectivity index is 1.81. The second-order valence-corrected chi connectivity index (χ2v) is 6.94. The number of nitrogens with zero attached hydrogens (tertiary/aromatic N) is 4. The van der Waals surface area contributed by atoms with Crippen molar-refractivity contribution >= 4 is 23.0 Å². The van der Waals surface area contributed by atoms with Gasteiger partial charge < -0.3 is 19.3 Å². The van der Waals surface area contributed by atoms with Crippen molar-refractivity contribution in [3.05, 3.63) is 66.9 Å². The molecule has 1 saturated heterocycles. The van der Waals surface area contributed by atoms with E-state index in [1.54, 1.807) is 13.2 Å². The second kappa shape index (κ2) is 8.49. The lowest BCUT2D eigenvalue weighted by molar-refractivity contribution is 0.122. The van der Waals surface area contributed by atoms with Gasteiger partial charge in [-0.2, -0.15) is 4.98 Å². The third-order valence-electron chi connectivity index (χ3n) is 5.28. The maximum atomic E-state index is 5.50. The van der Waals surface area contributed by atoms with Crippen molar-refractivity contribution in [2.75, 3.05) is 49.8 Å². The van der Waals surface area contributed by atoms with Gasteiger partial charge in [0.1, 0.15) is 11.6 Å². The van der Waals surface area contributed by atoms with Gasteiger partial charge in [0.2, 0.25) is 5.95 Å². The fraction of sp³-hybridized carbons (Fsp3) is 0.304. The fourth-order valence-corrected chi connectivity index (χ4v) is 3.77. The third kappa shape index (κ3) is 3.76. The van der Waals surface area contributed by atoms with Crippen molar-refractivity contribution in [3.8, 4) is 5.75 Å². The Labute approximate surface area is 171 Å². The number of hydrogen-bond donors (Lipinski definition) is 0. The summed E-state index contributed by atoms with van der Waals surface area (Å²) in [7, 11) is 1.68. The highest BCUT2D eigenvalue weighted by Crippen LogP contribution is 2.38. The molecule has 3 heterocycles. The van der Waals surface area contributed by atoms with Crippen molar-refractivity contribution in [1.82, 2.24) is 9.97 Å². The van der Waals surface area contributed by atoms with E-state index in [4.69, 9.17) is 19.4 Å². The molecule has 0 atom stereocenters. The van der Waals surface area contributed by atoms with E-state index in [-0.39, 0.29) is 0 Å². The van der Waals surface area contributed by atoms with E-state index in [1.807, 2.05) is 24.3 Å². The Morgan fingerprint density at radius 3 is 2.52 bits per heavy atom. The molecule has 0 N–H and O–H groups in total. The minimum atomic E-state index is 0.689. The third-order valence-corrected chi connectivity index (χ3v) is 5.28. The summed E-state index contributed by atoms with van der Waals surface area (Å²) >= 11 is 0. The minimum Gasteiger partial charge on any atom is -0.497 e. The van der Waals surface area contributed by atoms with Crippen molar-refractivity contribution in [2.45, 2.75) is 6.42 Å². The quantitative estimate of drug-likeness (QED) is 0.700. The van der Waals surface area contributed by atoms with Crippen LogP contribution in [-0.4, -0.2) is 49.9 Å². The Hall–Kier alpha value is -3.12. The average Bonchev–Trinajstić information content (AvgIpc) is 3.21. The molecule has 2 aliphatic rings. The summed E-state index contributed by atoms with van der Waals surface area (Å²) in [5.41, 5.74) is 4.13. The highest BCUT2D eigenvalue weighted by Gasteiger charge is 2.29. The van der Waals surface area contributed by atoms with Crippen LogP contribution in [0, 0.1) is 0 Å². The summed E-state index contributed by atoms with van der Waals surface area (Å²) in [6.45, 7) is 11.6. The van der Waals surface area contributed by atoms with Gasteiger partial charge >= 0.3 is 0 Å². The zero-order valence-electron chi connectivity index (χ0n) is 16.8. The fourth-order valence-electron chi connectivity index (χ4n) is 3.77. The first-order valence-corrected chi connectivity index (χ1v) is 9.86. The maximum absolute atomic E-state index is 5.50. The average molecular weight is 390 g/mol. The van der Waals surface area contributed by atoms with Crippen LogP contribution in [-0.2, 0) is 11.2 Å². The van der Waals surface area contributed by atoms with E-state index in [9.17, 15) is 0 Å². The molecule has 0 spiro atoms. The predicted molar refractivity (Wildman–Crippen MR) is 117 cm³/mol. The Bertz CT molecular complexity index is 931. The van der Waals surface area contributed by atoms with Crippen LogP contribution in [0.1, 0.15) is 11.3 Å². The van der Waals surface area contributed by atoms with Crippen LogP contribution in [0.15, 0.2) is 55.7 Å². The van der Waals surface area contributed by atoms with Gasteiger partial charge in [0.25, 0.3) is 0 Å². The first-order chi connectivity index (χ1) is 14.2. The van der Waals surface area contributed by atoms with E-state index in [0.29, 0.717) is 13.2 Å². The van der Waals surface area contributed by atoms with Crippen molar-refractivity contribution < 1.29 is 9.47 Å². The number of allylic oxidation sites excluding steroid dienone is 4. The number of methoxy groups -OCH3 is 1. The zero-order valence-corrected chi connectivity index (χ0v) is 16.8. The normalized spacial score (nSPS) is 16.5. The van der Waals surface area contributed by atoms with Crippen LogP contribution < -0.4 is 14.5 Å². The van der Waals surface area contributed by atoms with Gasteiger partial charge in [0.15, 0.2) is 0 Å². The molecule has 150 valence electrons. The van der Waals surface area contributed by atoms with Gasteiger partial charge in [-0.3, -0.25) is 0 Å². The molecule has 0 radical (unpaired) electrons. The number of hydrogen-bond acceptors (Lipinski definition) is 6. The predicted octanol–water partition coefficient (Wildman–Crippen LogP) is 3.77. The van der Waals surface area contributed by atoms with Crippen LogP contribution in [0.2, 0.25) is 0 Å². The Morgan fingerprint density at radius 1 is 1.10 bits per heavy atom. The van der Waals surface area contributed by atoms with E-state index in [2.05, 4.69) is 35.1 Å². The standard InChI is InChI=1S/C23H26N4O2/c1-4-6-17(5-2)21-20-11-12-27(18-7-9-19(28-3)10-8-18)22(20)25-23(24-21)26-13-15-29-16-14-26/h4-10H,1-2,11-16H2,3H3. The molecule has 1 aromatic carbocycles. The number of ether oxygens (including phenoxy) is 2. The van der Waals surface area contributed by atoms with Gasteiger partial charge in [-0.25, -0.2) is 4.98 Å². The van der Waals surface area contributed by atoms with E-state index in [0.717, 1.165) is 66.1 Å². The van der Waals surface area contributed by atoms with Gasteiger partial charge in [-0.15, -0.1) is 0 Å². The minimum absolute atomic E-state index is 0.689. The monoisotopic (exact) mass is 390 g/mol. The van der Waals surface area contributed by atoms with Crippen LogP contribution >= 0.6 is 0 Å². The van der Waals surface area contributed by atoms with Crippen LogP contribution in [0.25, 0.3) is 5.57 Å². The number of rotatable bonds is 6. The number of morpholine rings is 1. The summed E-state index contributed by atoms with van der Waals surface area (Å²) in [4.78, 5) is 14.4. The van der Waals surface area contributed by atoms with Crippen LogP contribution in [0.4, 0.5) is 17.5 Å². The molecular weight excluding hydrogens is 364 g/mol. The molecule has 2 aromatic rings. The van der Waals surface area contributed by atoms with E-state index >= 15 is 0 Å². The van der Waals surface area contributed by atoms with Gasteiger partial charge in [0.05, 0.1) is 26.0 Å². The first-order valence-electron chi connectivity index (χ1n) is 9.86. The molecule has 0 amide bonds. The maximum Gasteiger partial charge on any atom is 0.228 e. The zero-order chi connectivity index (χ0) is 20.2. The number of benzene rings is 1. The van der Waals surface area contributed by atoms with Gasteiger partial charge in [-0.05, 0) is 30.7 Å². The molecule has 0 unspecified atom stereocenters. The molecule has 2 aliphatic heterocycles. The summed E-state index contributed by atoms with van der Waals surface area (Å²) in [6, 6.07) is 8.09. The van der Waals surface area contributed by atoms with E-state index < -0.39 is 0 Å². The molecule has 1 fully saturated rings. The van der Waals surface area contributed by atoms with Crippen molar-refractivity contribution in [1.29, 1.82) is 0 Å². The molecule has 6 heteroatoms. The topological polar surface area (TPSA) is 50.7 Å². The molecule has 0 saturated carbocycles. The van der Waals surface area contributed by atoms with Crippen molar-refractivity contribution in [2.24, 2.45) is 0 Å². The molecule has 6 nitrogen and oxygen atoms in total. The molecule has 1 aromatic heterocycles. The molecule has 29 heavy (non-hydrogen) atoms. The number of aromatic nitrogens is 2. The highest BCUT2D eigenvalue weighted by atomic mass is 16.5. The molecular formula is C23H26N4O2. The number of anilines is 3.